The summed E-state index contributed by atoms with van der Waals surface area (Å²) in [6.07, 6.45) is -0.0699. The van der Waals surface area contributed by atoms with Crippen LogP contribution >= 0.6 is 0 Å². The monoisotopic (exact) mass is 291 g/mol. The number of aromatic hydroxyl groups is 1. The molecule has 0 saturated carbocycles. The van der Waals surface area contributed by atoms with Crippen molar-refractivity contribution < 1.29 is 5.11 Å². The van der Waals surface area contributed by atoms with E-state index in [0.29, 0.717) is 0 Å². The number of fused-ring (bicyclic) bond motifs is 3. The molecule has 2 heterocycles. The zero-order valence-corrected chi connectivity index (χ0v) is 12.5. The molecular weight excluding hydrogens is 274 g/mol. The van der Waals surface area contributed by atoms with Gasteiger partial charge in [-0.2, -0.15) is 5.10 Å². The summed E-state index contributed by atoms with van der Waals surface area (Å²) >= 11 is 0. The average Bonchev–Trinajstić information content (AvgIpc) is 2.89. The summed E-state index contributed by atoms with van der Waals surface area (Å²) < 4.78 is 2.02. The zero-order valence-electron chi connectivity index (χ0n) is 12.5. The van der Waals surface area contributed by atoms with Crippen molar-refractivity contribution in [1.82, 2.24) is 9.78 Å². The summed E-state index contributed by atoms with van der Waals surface area (Å²) in [5.41, 5.74) is 6.69. The standard InChI is InChI=1S/C18H17N3O/c1-11-3-8-16-15(9-11)17-10-12(2)20-21(17)18(19-16)13-4-6-14(22)7-5-13/h3-10,18-19,22H,1-2H3/t18-/m1/s1. The van der Waals surface area contributed by atoms with Crippen molar-refractivity contribution in [2.24, 2.45) is 0 Å². The van der Waals surface area contributed by atoms with Crippen LogP contribution in [0.5, 0.6) is 5.75 Å². The molecule has 1 aliphatic heterocycles. The van der Waals surface area contributed by atoms with E-state index in [1.807, 2.05) is 23.7 Å². The van der Waals surface area contributed by atoms with Crippen molar-refractivity contribution >= 4 is 5.69 Å². The van der Waals surface area contributed by atoms with E-state index in [0.717, 1.165) is 22.6 Å². The second-order valence-electron chi connectivity index (χ2n) is 5.80. The molecule has 2 N–H and O–H groups in total. The third-order valence-corrected chi connectivity index (χ3v) is 4.05. The Kier molecular flexibility index (Phi) is 2.73. The minimum absolute atomic E-state index is 0.0699. The van der Waals surface area contributed by atoms with E-state index >= 15 is 0 Å². The molecule has 1 atom stereocenters. The number of hydrogen-bond donors (Lipinski definition) is 2. The summed E-state index contributed by atoms with van der Waals surface area (Å²) in [5.74, 6) is 0.271. The summed E-state index contributed by atoms with van der Waals surface area (Å²) in [7, 11) is 0. The van der Waals surface area contributed by atoms with Gasteiger partial charge in [-0.1, -0.05) is 23.8 Å². The van der Waals surface area contributed by atoms with E-state index in [1.54, 1.807) is 12.1 Å². The third kappa shape index (κ3) is 1.96. The van der Waals surface area contributed by atoms with Crippen LogP contribution in [0.2, 0.25) is 0 Å². The van der Waals surface area contributed by atoms with Gasteiger partial charge in [-0.05, 0) is 49.7 Å². The fourth-order valence-electron chi connectivity index (χ4n) is 3.00. The van der Waals surface area contributed by atoms with Crippen LogP contribution in [-0.4, -0.2) is 14.9 Å². The molecule has 0 fully saturated rings. The normalized spacial score (nSPS) is 15.8. The molecule has 0 spiro atoms. The van der Waals surface area contributed by atoms with Crippen LogP contribution in [0.1, 0.15) is 23.0 Å². The van der Waals surface area contributed by atoms with Crippen LogP contribution in [0.25, 0.3) is 11.3 Å². The highest BCUT2D eigenvalue weighted by atomic mass is 16.3. The fourth-order valence-corrected chi connectivity index (χ4v) is 3.00. The van der Waals surface area contributed by atoms with E-state index < -0.39 is 0 Å². The summed E-state index contributed by atoms with van der Waals surface area (Å²) in [4.78, 5) is 0. The molecular formula is C18H17N3O. The van der Waals surface area contributed by atoms with E-state index in [1.165, 1.54) is 11.1 Å². The Labute approximate surface area is 129 Å². The summed E-state index contributed by atoms with van der Waals surface area (Å²) in [6.45, 7) is 4.11. The number of aromatic nitrogens is 2. The van der Waals surface area contributed by atoms with Gasteiger partial charge in [0.15, 0.2) is 0 Å². The number of benzene rings is 2. The first kappa shape index (κ1) is 13.0. The van der Waals surface area contributed by atoms with Crippen LogP contribution in [-0.2, 0) is 0 Å². The van der Waals surface area contributed by atoms with Gasteiger partial charge in [0.1, 0.15) is 11.9 Å². The molecule has 1 aliphatic rings. The van der Waals surface area contributed by atoms with Gasteiger partial charge in [0.05, 0.1) is 11.4 Å². The predicted molar refractivity (Wildman–Crippen MR) is 87.0 cm³/mol. The summed E-state index contributed by atoms with van der Waals surface area (Å²) in [6, 6.07) is 15.8. The predicted octanol–water partition coefficient (Wildman–Crippen LogP) is 3.84. The molecule has 0 bridgehead atoms. The minimum Gasteiger partial charge on any atom is -0.508 e. The lowest BCUT2D eigenvalue weighted by molar-refractivity contribution is 0.474. The van der Waals surface area contributed by atoms with E-state index in [9.17, 15) is 5.11 Å². The van der Waals surface area contributed by atoms with Crippen molar-refractivity contribution in [2.75, 3.05) is 5.32 Å². The molecule has 4 rings (SSSR count). The quantitative estimate of drug-likeness (QED) is 0.716. The Balaban J connectivity index is 1.90. The van der Waals surface area contributed by atoms with Gasteiger partial charge in [-0.15, -0.1) is 0 Å². The van der Waals surface area contributed by atoms with Crippen molar-refractivity contribution in [3.8, 4) is 17.0 Å². The highest BCUT2D eigenvalue weighted by molar-refractivity contribution is 5.79. The highest BCUT2D eigenvalue weighted by Gasteiger charge is 2.26. The van der Waals surface area contributed by atoms with Crippen LogP contribution in [0.3, 0.4) is 0 Å². The average molecular weight is 291 g/mol. The van der Waals surface area contributed by atoms with Crippen molar-refractivity contribution in [2.45, 2.75) is 20.0 Å². The number of hydrogen-bond acceptors (Lipinski definition) is 3. The largest absolute Gasteiger partial charge is 0.508 e. The zero-order chi connectivity index (χ0) is 15.3. The van der Waals surface area contributed by atoms with Crippen molar-refractivity contribution in [3.63, 3.8) is 0 Å². The maximum absolute atomic E-state index is 9.50. The fraction of sp³-hybridized carbons (Fsp3) is 0.167. The Hall–Kier alpha value is -2.75. The Morgan fingerprint density at radius 2 is 1.82 bits per heavy atom. The Morgan fingerprint density at radius 3 is 2.59 bits per heavy atom. The van der Waals surface area contributed by atoms with Crippen molar-refractivity contribution in [1.29, 1.82) is 0 Å². The van der Waals surface area contributed by atoms with E-state index in [2.05, 4.69) is 41.6 Å². The smallest absolute Gasteiger partial charge is 0.147 e. The number of rotatable bonds is 1. The first-order valence-electron chi connectivity index (χ1n) is 7.34. The highest BCUT2D eigenvalue weighted by Crippen LogP contribution is 2.39. The molecule has 2 aromatic carbocycles. The van der Waals surface area contributed by atoms with Gasteiger partial charge in [0.25, 0.3) is 0 Å². The Bertz CT molecular complexity index is 849. The van der Waals surface area contributed by atoms with E-state index in [-0.39, 0.29) is 11.9 Å². The van der Waals surface area contributed by atoms with E-state index in [4.69, 9.17) is 0 Å². The third-order valence-electron chi connectivity index (χ3n) is 4.05. The van der Waals surface area contributed by atoms with Crippen LogP contribution in [0, 0.1) is 13.8 Å². The molecule has 0 amide bonds. The number of anilines is 1. The van der Waals surface area contributed by atoms with Crippen LogP contribution < -0.4 is 5.32 Å². The molecule has 4 heteroatoms. The molecule has 1 aromatic heterocycles. The second-order valence-corrected chi connectivity index (χ2v) is 5.80. The van der Waals surface area contributed by atoms with Gasteiger partial charge in [-0.3, -0.25) is 0 Å². The molecule has 110 valence electrons. The minimum atomic E-state index is -0.0699. The SMILES string of the molecule is Cc1ccc2c(c1)-c1cc(C)nn1[C@H](c1ccc(O)cc1)N2. The molecule has 0 unspecified atom stereocenters. The molecule has 3 aromatic rings. The first-order chi connectivity index (χ1) is 10.6. The first-order valence-corrected chi connectivity index (χ1v) is 7.34. The maximum atomic E-state index is 9.50. The lowest BCUT2D eigenvalue weighted by Crippen LogP contribution is -2.25. The lowest BCUT2D eigenvalue weighted by Gasteiger charge is -2.29. The molecule has 22 heavy (non-hydrogen) atoms. The lowest BCUT2D eigenvalue weighted by atomic mass is 10.0. The molecule has 0 aliphatic carbocycles. The second kappa shape index (κ2) is 4.63. The van der Waals surface area contributed by atoms with Gasteiger partial charge in [-0.25, -0.2) is 4.68 Å². The molecule has 4 nitrogen and oxygen atoms in total. The van der Waals surface area contributed by atoms with Crippen molar-refractivity contribution in [3.05, 3.63) is 65.4 Å². The van der Waals surface area contributed by atoms with Gasteiger partial charge >= 0.3 is 0 Å². The number of phenolic OH excluding ortho intramolecular Hbond substituents is 1. The Morgan fingerprint density at radius 1 is 1.05 bits per heavy atom. The van der Waals surface area contributed by atoms with Crippen LogP contribution in [0.4, 0.5) is 5.69 Å². The van der Waals surface area contributed by atoms with Gasteiger partial charge in [0, 0.05) is 11.3 Å². The number of nitrogens with zero attached hydrogens (tertiary/aromatic N) is 2. The maximum Gasteiger partial charge on any atom is 0.147 e. The molecule has 0 saturated heterocycles. The molecule has 0 radical (unpaired) electrons. The number of aryl methyl sites for hydroxylation is 2. The number of nitrogens with one attached hydrogen (secondary N) is 1. The number of phenols is 1. The topological polar surface area (TPSA) is 50.1 Å². The van der Waals surface area contributed by atoms with Gasteiger partial charge in [0.2, 0.25) is 0 Å². The summed E-state index contributed by atoms with van der Waals surface area (Å²) in [5, 5.41) is 17.7. The van der Waals surface area contributed by atoms with Crippen LogP contribution in [0.15, 0.2) is 48.5 Å². The van der Waals surface area contributed by atoms with Gasteiger partial charge < -0.3 is 10.4 Å².